The molecule has 0 fully saturated rings. The number of hydrogen-bond acceptors (Lipinski definition) is 4. The summed E-state index contributed by atoms with van der Waals surface area (Å²) in [4.78, 5) is 50.2. The lowest BCUT2D eigenvalue weighted by Crippen LogP contribution is -2.46. The standard InChI is InChI=1S/C17H20N2O5/c1-10(2)18(7-6-15(21)22)14(20)9-19-16(23)12-5-4-11(3)8-13(12)17(19)24/h4-5,8,10H,6-7,9H2,1-3H3,(H,21,22). The highest BCUT2D eigenvalue weighted by molar-refractivity contribution is 6.22. The van der Waals surface area contributed by atoms with Crippen LogP contribution in [0.4, 0.5) is 0 Å². The van der Waals surface area contributed by atoms with Crippen LogP contribution in [0.15, 0.2) is 18.2 Å². The Morgan fingerprint density at radius 2 is 1.79 bits per heavy atom. The Kier molecular flexibility index (Phi) is 5.02. The minimum absolute atomic E-state index is 0.0358. The third-order valence-electron chi connectivity index (χ3n) is 3.93. The van der Waals surface area contributed by atoms with Crippen molar-refractivity contribution in [2.24, 2.45) is 0 Å². The number of aliphatic carboxylic acids is 1. The van der Waals surface area contributed by atoms with Crippen molar-refractivity contribution in [2.45, 2.75) is 33.2 Å². The van der Waals surface area contributed by atoms with E-state index in [-0.39, 0.29) is 25.6 Å². The minimum atomic E-state index is -1.01. The number of rotatable bonds is 6. The zero-order valence-electron chi connectivity index (χ0n) is 13.9. The molecule has 0 bridgehead atoms. The molecule has 7 heteroatoms. The lowest BCUT2D eigenvalue weighted by Gasteiger charge is -2.27. The van der Waals surface area contributed by atoms with Gasteiger partial charge in [0.25, 0.3) is 11.8 Å². The van der Waals surface area contributed by atoms with E-state index < -0.39 is 23.7 Å². The second kappa shape index (κ2) is 6.82. The second-order valence-electron chi connectivity index (χ2n) is 6.07. The zero-order valence-corrected chi connectivity index (χ0v) is 13.9. The fourth-order valence-corrected chi connectivity index (χ4v) is 2.66. The Labute approximate surface area is 139 Å². The Hall–Kier alpha value is -2.70. The summed E-state index contributed by atoms with van der Waals surface area (Å²) in [7, 11) is 0. The predicted octanol–water partition coefficient (Wildman–Crippen LogP) is 1.30. The number of nitrogens with zero attached hydrogens (tertiary/aromatic N) is 2. The van der Waals surface area contributed by atoms with Crippen LogP contribution < -0.4 is 0 Å². The molecule has 128 valence electrons. The third-order valence-corrected chi connectivity index (χ3v) is 3.93. The number of benzene rings is 1. The number of carboxylic acids is 1. The molecule has 1 aliphatic rings. The molecule has 7 nitrogen and oxygen atoms in total. The summed E-state index contributed by atoms with van der Waals surface area (Å²) >= 11 is 0. The third kappa shape index (κ3) is 3.45. The molecule has 3 amide bonds. The average Bonchev–Trinajstić information content (AvgIpc) is 2.71. The van der Waals surface area contributed by atoms with Crippen molar-refractivity contribution in [3.8, 4) is 0 Å². The number of aryl methyl sites for hydroxylation is 1. The van der Waals surface area contributed by atoms with E-state index >= 15 is 0 Å². The maximum Gasteiger partial charge on any atom is 0.305 e. The molecule has 0 aromatic heterocycles. The maximum absolute atomic E-state index is 12.4. The average molecular weight is 332 g/mol. The van der Waals surface area contributed by atoms with Crippen molar-refractivity contribution in [1.29, 1.82) is 0 Å². The highest BCUT2D eigenvalue weighted by Crippen LogP contribution is 2.24. The molecule has 0 unspecified atom stereocenters. The van der Waals surface area contributed by atoms with Crippen molar-refractivity contribution < 1.29 is 24.3 Å². The Morgan fingerprint density at radius 1 is 1.17 bits per heavy atom. The van der Waals surface area contributed by atoms with Gasteiger partial charge in [-0.3, -0.25) is 24.1 Å². The molecule has 1 aromatic carbocycles. The first-order chi connectivity index (χ1) is 11.2. The highest BCUT2D eigenvalue weighted by Gasteiger charge is 2.37. The van der Waals surface area contributed by atoms with Gasteiger partial charge in [0, 0.05) is 12.6 Å². The van der Waals surface area contributed by atoms with Gasteiger partial charge in [-0.25, -0.2) is 0 Å². The molecular formula is C17H20N2O5. The maximum atomic E-state index is 12.4. The van der Waals surface area contributed by atoms with Crippen molar-refractivity contribution in [3.63, 3.8) is 0 Å². The quantitative estimate of drug-likeness (QED) is 0.792. The predicted molar refractivity (Wildman–Crippen MR) is 85.6 cm³/mol. The molecule has 0 saturated heterocycles. The highest BCUT2D eigenvalue weighted by atomic mass is 16.4. The van der Waals surface area contributed by atoms with E-state index in [2.05, 4.69) is 0 Å². The Bertz CT molecular complexity index is 711. The first kappa shape index (κ1) is 17.7. The van der Waals surface area contributed by atoms with Gasteiger partial charge in [0.2, 0.25) is 5.91 Å². The number of amides is 3. The molecular weight excluding hydrogens is 312 g/mol. The number of carbonyl (C=O) groups is 4. The number of carbonyl (C=O) groups excluding carboxylic acids is 3. The van der Waals surface area contributed by atoms with Crippen LogP contribution in [0.2, 0.25) is 0 Å². The van der Waals surface area contributed by atoms with Gasteiger partial charge in [-0.2, -0.15) is 0 Å². The van der Waals surface area contributed by atoms with Gasteiger partial charge in [0.05, 0.1) is 17.5 Å². The summed E-state index contributed by atoms with van der Waals surface area (Å²) in [5.41, 5.74) is 1.45. The smallest absolute Gasteiger partial charge is 0.305 e. The minimum Gasteiger partial charge on any atom is -0.481 e. The first-order valence-electron chi connectivity index (χ1n) is 7.70. The molecule has 1 aromatic rings. The molecule has 2 rings (SSSR count). The van der Waals surface area contributed by atoms with Gasteiger partial charge in [-0.1, -0.05) is 11.6 Å². The van der Waals surface area contributed by atoms with Crippen molar-refractivity contribution >= 4 is 23.7 Å². The second-order valence-corrected chi connectivity index (χ2v) is 6.07. The van der Waals surface area contributed by atoms with E-state index in [0.717, 1.165) is 10.5 Å². The van der Waals surface area contributed by atoms with Crippen molar-refractivity contribution in [1.82, 2.24) is 9.80 Å². The summed E-state index contributed by atoms with van der Waals surface area (Å²) in [6, 6.07) is 4.72. The molecule has 1 heterocycles. The molecule has 0 radical (unpaired) electrons. The SMILES string of the molecule is Cc1ccc2c(c1)C(=O)N(CC(=O)N(CCC(=O)O)C(C)C)C2=O. The fourth-order valence-electron chi connectivity index (χ4n) is 2.66. The monoisotopic (exact) mass is 332 g/mol. The van der Waals surface area contributed by atoms with Crippen LogP contribution in [0.5, 0.6) is 0 Å². The summed E-state index contributed by atoms with van der Waals surface area (Å²) in [5.74, 6) is -2.44. The molecule has 24 heavy (non-hydrogen) atoms. The zero-order chi connectivity index (χ0) is 18.0. The summed E-state index contributed by atoms with van der Waals surface area (Å²) in [6.45, 7) is 4.98. The largest absolute Gasteiger partial charge is 0.481 e. The van der Waals surface area contributed by atoms with Gasteiger partial charge in [-0.15, -0.1) is 0 Å². The van der Waals surface area contributed by atoms with Crippen molar-refractivity contribution in [3.05, 3.63) is 34.9 Å². The van der Waals surface area contributed by atoms with Gasteiger partial charge in [-0.05, 0) is 32.9 Å². The van der Waals surface area contributed by atoms with Crippen molar-refractivity contribution in [2.75, 3.05) is 13.1 Å². The topological polar surface area (TPSA) is 95.0 Å². The van der Waals surface area contributed by atoms with Gasteiger partial charge >= 0.3 is 5.97 Å². The van der Waals surface area contributed by atoms with Gasteiger partial charge in [0.1, 0.15) is 6.54 Å². The van der Waals surface area contributed by atoms with E-state index in [1.807, 2.05) is 6.92 Å². The lowest BCUT2D eigenvalue weighted by atomic mass is 10.1. The molecule has 0 saturated carbocycles. The fraction of sp³-hybridized carbons (Fsp3) is 0.412. The molecule has 0 atom stereocenters. The van der Waals surface area contributed by atoms with Crippen LogP contribution in [0.3, 0.4) is 0 Å². The number of hydrogen-bond donors (Lipinski definition) is 1. The summed E-state index contributed by atoms with van der Waals surface area (Å²) in [6.07, 6.45) is -0.189. The van der Waals surface area contributed by atoms with Crippen LogP contribution in [0.25, 0.3) is 0 Å². The molecule has 0 spiro atoms. The van der Waals surface area contributed by atoms with Crippen LogP contribution in [0.1, 0.15) is 46.5 Å². The van der Waals surface area contributed by atoms with Crippen LogP contribution in [0, 0.1) is 6.92 Å². The number of fused-ring (bicyclic) bond motifs is 1. The summed E-state index contributed by atoms with van der Waals surface area (Å²) < 4.78 is 0. The van der Waals surface area contributed by atoms with E-state index in [1.165, 1.54) is 4.90 Å². The molecule has 1 aliphatic heterocycles. The van der Waals surface area contributed by atoms with Crippen LogP contribution in [-0.4, -0.2) is 57.7 Å². The van der Waals surface area contributed by atoms with E-state index in [4.69, 9.17) is 5.11 Å². The first-order valence-corrected chi connectivity index (χ1v) is 7.70. The summed E-state index contributed by atoms with van der Waals surface area (Å²) in [5, 5.41) is 8.78. The normalized spacial score (nSPS) is 13.4. The number of imide groups is 1. The van der Waals surface area contributed by atoms with Crippen LogP contribution in [-0.2, 0) is 9.59 Å². The van der Waals surface area contributed by atoms with Crippen LogP contribution >= 0.6 is 0 Å². The Morgan fingerprint density at radius 3 is 2.38 bits per heavy atom. The van der Waals surface area contributed by atoms with E-state index in [9.17, 15) is 19.2 Å². The Balaban J connectivity index is 2.15. The van der Waals surface area contributed by atoms with E-state index in [1.54, 1.807) is 32.0 Å². The van der Waals surface area contributed by atoms with Gasteiger partial charge in [0.15, 0.2) is 0 Å². The molecule has 0 aliphatic carbocycles. The number of carboxylic acid groups (broad SMARTS) is 1. The lowest BCUT2D eigenvalue weighted by molar-refractivity contribution is -0.139. The van der Waals surface area contributed by atoms with E-state index in [0.29, 0.717) is 11.1 Å². The van der Waals surface area contributed by atoms with Gasteiger partial charge < -0.3 is 10.0 Å². The molecule has 1 N–H and O–H groups in total.